The van der Waals surface area contributed by atoms with Gasteiger partial charge in [0, 0.05) is 11.6 Å². The average molecular weight is 346 g/mol. The summed E-state index contributed by atoms with van der Waals surface area (Å²) in [6.45, 7) is 0. The van der Waals surface area contributed by atoms with Gasteiger partial charge >= 0.3 is 0 Å². The number of sulfone groups is 1. The van der Waals surface area contributed by atoms with Gasteiger partial charge in [-0.3, -0.25) is 0 Å². The lowest BCUT2D eigenvalue weighted by Crippen LogP contribution is -2.14. The number of benzene rings is 1. The molecule has 2 N–H and O–H groups in total. The summed E-state index contributed by atoms with van der Waals surface area (Å²) in [4.78, 5) is 0. The van der Waals surface area contributed by atoms with E-state index in [1.165, 1.54) is 0 Å². The van der Waals surface area contributed by atoms with E-state index in [9.17, 15) is 8.42 Å². The highest BCUT2D eigenvalue weighted by Gasteiger charge is 2.31. The molecule has 0 bridgehead atoms. The molecule has 0 amide bonds. The Labute approximate surface area is 132 Å². The third-order valence-electron chi connectivity index (χ3n) is 3.53. The fraction of sp³-hybridized carbons (Fsp3) is 0.308. The molecule has 2 aromatic rings. The largest absolute Gasteiger partial charge is 0.384 e. The van der Waals surface area contributed by atoms with Crippen molar-refractivity contribution in [3.05, 3.63) is 34.3 Å². The second-order valence-corrected chi connectivity index (χ2v) is 8.13. The molecule has 0 radical (unpaired) electrons. The molecule has 1 saturated heterocycles. The van der Waals surface area contributed by atoms with Gasteiger partial charge in [0.25, 0.3) is 0 Å². The molecule has 1 aliphatic heterocycles. The van der Waals surface area contributed by atoms with Crippen LogP contribution < -0.4 is 5.73 Å². The highest BCUT2D eigenvalue weighted by atomic mass is 35.5. The maximum absolute atomic E-state index is 11.6. The Morgan fingerprint density at radius 2 is 2.00 bits per heavy atom. The number of rotatable bonds is 2. The second-order valence-electron chi connectivity index (χ2n) is 5.08. The van der Waals surface area contributed by atoms with Crippen molar-refractivity contribution in [2.45, 2.75) is 12.5 Å². The first kappa shape index (κ1) is 14.7. The molecule has 1 atom stereocenters. The Kier molecular flexibility index (Phi) is 3.63. The second kappa shape index (κ2) is 5.19. The quantitative estimate of drug-likeness (QED) is 0.907. The van der Waals surface area contributed by atoms with Crippen LogP contribution in [-0.2, 0) is 9.84 Å². The van der Waals surface area contributed by atoms with Crippen LogP contribution in [0.2, 0.25) is 10.0 Å². The number of aromatic nitrogens is 2. The summed E-state index contributed by atoms with van der Waals surface area (Å²) in [5.74, 6) is 0.705. The molecular formula is C13H13Cl2N3O2S. The topological polar surface area (TPSA) is 78.0 Å². The summed E-state index contributed by atoms with van der Waals surface area (Å²) >= 11 is 11.9. The van der Waals surface area contributed by atoms with Crippen molar-refractivity contribution in [2.24, 2.45) is 0 Å². The standard InChI is InChI=1S/C13H13Cl2N3O2S/c14-10-2-1-8(5-11(10)15)12-6-13(16)18(17-12)9-3-4-21(19,20)7-9/h1-2,5-6,9H,3-4,7,16H2. The van der Waals surface area contributed by atoms with Crippen LogP contribution in [-0.4, -0.2) is 29.7 Å². The molecule has 2 heterocycles. The maximum atomic E-state index is 11.6. The monoisotopic (exact) mass is 345 g/mol. The van der Waals surface area contributed by atoms with Gasteiger partial charge in [0.05, 0.1) is 33.3 Å². The normalized spacial score (nSPS) is 20.8. The molecule has 1 aromatic carbocycles. The van der Waals surface area contributed by atoms with Gasteiger partial charge in [-0.15, -0.1) is 0 Å². The van der Waals surface area contributed by atoms with Crippen LogP contribution in [0.15, 0.2) is 24.3 Å². The van der Waals surface area contributed by atoms with Crippen molar-refractivity contribution >= 4 is 38.9 Å². The minimum atomic E-state index is -2.98. The van der Waals surface area contributed by atoms with E-state index in [1.54, 1.807) is 28.9 Å². The Hall–Kier alpha value is -1.24. The third-order valence-corrected chi connectivity index (χ3v) is 6.02. The lowest BCUT2D eigenvalue weighted by molar-refractivity contribution is 0.508. The molecule has 5 nitrogen and oxygen atoms in total. The summed E-state index contributed by atoms with van der Waals surface area (Å²) in [6.07, 6.45) is 0.537. The fourth-order valence-electron chi connectivity index (χ4n) is 2.47. The molecule has 0 spiro atoms. The number of hydrogen-bond donors (Lipinski definition) is 1. The highest BCUT2D eigenvalue weighted by molar-refractivity contribution is 7.91. The summed E-state index contributed by atoms with van der Waals surface area (Å²) in [6, 6.07) is 6.71. The fourth-order valence-corrected chi connectivity index (χ4v) is 4.46. The molecule has 1 aromatic heterocycles. The number of nitrogen functional groups attached to an aromatic ring is 1. The molecule has 3 rings (SSSR count). The summed E-state index contributed by atoms with van der Waals surface area (Å²) < 4.78 is 24.7. The van der Waals surface area contributed by atoms with E-state index >= 15 is 0 Å². The number of anilines is 1. The summed E-state index contributed by atoms with van der Waals surface area (Å²) in [5.41, 5.74) is 7.40. The Morgan fingerprint density at radius 1 is 1.24 bits per heavy atom. The minimum Gasteiger partial charge on any atom is -0.384 e. The zero-order valence-corrected chi connectivity index (χ0v) is 13.3. The predicted molar refractivity (Wildman–Crippen MR) is 84.4 cm³/mol. The van der Waals surface area contributed by atoms with Gasteiger partial charge in [0.15, 0.2) is 9.84 Å². The van der Waals surface area contributed by atoms with Crippen LogP contribution in [0, 0.1) is 0 Å². The molecule has 0 aliphatic carbocycles. The maximum Gasteiger partial charge on any atom is 0.152 e. The first-order valence-electron chi connectivity index (χ1n) is 6.36. The van der Waals surface area contributed by atoms with E-state index in [2.05, 4.69) is 5.10 Å². The van der Waals surface area contributed by atoms with E-state index in [0.717, 1.165) is 5.56 Å². The minimum absolute atomic E-state index is 0.0830. The van der Waals surface area contributed by atoms with Crippen molar-refractivity contribution in [3.63, 3.8) is 0 Å². The van der Waals surface area contributed by atoms with Crippen molar-refractivity contribution in [2.75, 3.05) is 17.2 Å². The number of halogens is 2. The van der Waals surface area contributed by atoms with E-state index in [-0.39, 0.29) is 17.5 Å². The number of hydrogen-bond acceptors (Lipinski definition) is 4. The van der Waals surface area contributed by atoms with Gasteiger partial charge < -0.3 is 5.73 Å². The Bertz CT molecular complexity index is 802. The van der Waals surface area contributed by atoms with Crippen molar-refractivity contribution in [1.82, 2.24) is 9.78 Å². The molecule has 0 saturated carbocycles. The van der Waals surface area contributed by atoms with Crippen molar-refractivity contribution in [3.8, 4) is 11.3 Å². The van der Waals surface area contributed by atoms with Crippen molar-refractivity contribution < 1.29 is 8.42 Å². The summed E-state index contributed by atoms with van der Waals surface area (Å²) in [5, 5.41) is 5.33. The Balaban J connectivity index is 1.96. The van der Waals surface area contributed by atoms with Gasteiger partial charge in [0.2, 0.25) is 0 Å². The lowest BCUT2D eigenvalue weighted by Gasteiger charge is -2.10. The highest BCUT2D eigenvalue weighted by Crippen LogP contribution is 2.31. The van der Waals surface area contributed by atoms with Gasteiger partial charge in [-0.05, 0) is 18.6 Å². The van der Waals surface area contributed by atoms with E-state index in [1.807, 2.05) is 0 Å². The van der Waals surface area contributed by atoms with Crippen LogP contribution in [0.4, 0.5) is 5.82 Å². The van der Waals surface area contributed by atoms with Crippen LogP contribution >= 0.6 is 23.2 Å². The van der Waals surface area contributed by atoms with Crippen molar-refractivity contribution in [1.29, 1.82) is 0 Å². The number of nitrogens with zero attached hydrogens (tertiary/aromatic N) is 2. The smallest absolute Gasteiger partial charge is 0.152 e. The van der Waals surface area contributed by atoms with Gasteiger partial charge in [-0.1, -0.05) is 29.3 Å². The SMILES string of the molecule is Nc1cc(-c2ccc(Cl)c(Cl)c2)nn1C1CCS(=O)(=O)C1. The molecule has 1 unspecified atom stereocenters. The number of nitrogens with two attached hydrogens (primary N) is 1. The summed E-state index contributed by atoms with van der Waals surface area (Å²) in [7, 11) is -2.98. The lowest BCUT2D eigenvalue weighted by atomic mass is 10.1. The van der Waals surface area contributed by atoms with E-state index in [4.69, 9.17) is 28.9 Å². The van der Waals surface area contributed by atoms with Gasteiger partial charge in [-0.25, -0.2) is 13.1 Å². The molecule has 112 valence electrons. The van der Waals surface area contributed by atoms with Crippen LogP contribution in [0.1, 0.15) is 12.5 Å². The average Bonchev–Trinajstić information content (AvgIpc) is 2.95. The molecule has 1 fully saturated rings. The Morgan fingerprint density at radius 3 is 2.62 bits per heavy atom. The molecule has 8 heteroatoms. The molecule has 1 aliphatic rings. The van der Waals surface area contributed by atoms with Crippen LogP contribution in [0.5, 0.6) is 0 Å². The third kappa shape index (κ3) is 2.88. The zero-order valence-electron chi connectivity index (χ0n) is 11.0. The van der Waals surface area contributed by atoms with Crippen LogP contribution in [0.25, 0.3) is 11.3 Å². The zero-order chi connectivity index (χ0) is 15.2. The first-order valence-corrected chi connectivity index (χ1v) is 8.94. The van der Waals surface area contributed by atoms with E-state index < -0.39 is 9.84 Å². The van der Waals surface area contributed by atoms with Crippen LogP contribution in [0.3, 0.4) is 0 Å². The first-order chi connectivity index (χ1) is 9.85. The van der Waals surface area contributed by atoms with E-state index in [0.29, 0.717) is 28.0 Å². The molecule has 21 heavy (non-hydrogen) atoms. The van der Waals surface area contributed by atoms with Gasteiger partial charge in [-0.2, -0.15) is 5.10 Å². The molecular weight excluding hydrogens is 333 g/mol. The predicted octanol–water partition coefficient (Wildman–Crippen LogP) is 2.80. The van der Waals surface area contributed by atoms with Gasteiger partial charge in [0.1, 0.15) is 5.82 Å².